The Labute approximate surface area is 165 Å². The molecular weight excluding hydrogens is 387 g/mol. The predicted octanol–water partition coefficient (Wildman–Crippen LogP) is 4.81. The van der Waals surface area contributed by atoms with Crippen molar-refractivity contribution in [1.82, 2.24) is 9.88 Å². The molecule has 0 atom stereocenters. The van der Waals surface area contributed by atoms with E-state index in [1.807, 2.05) is 4.90 Å². The molecule has 1 amide bonds. The molecule has 0 N–H and O–H groups in total. The van der Waals surface area contributed by atoms with Crippen molar-refractivity contribution in [2.75, 3.05) is 13.1 Å². The van der Waals surface area contributed by atoms with Crippen LogP contribution < -0.4 is 0 Å². The molecule has 2 heterocycles. The average Bonchev–Trinajstić information content (AvgIpc) is 3.20. The number of nitriles is 1. The zero-order chi connectivity index (χ0) is 20.3. The van der Waals surface area contributed by atoms with Crippen LogP contribution in [0.4, 0.5) is 13.2 Å². The first-order valence-corrected chi connectivity index (χ1v) is 9.78. The lowest BCUT2D eigenvalue weighted by Gasteiger charge is -2.15. The molecule has 0 unspecified atom stereocenters. The van der Waals surface area contributed by atoms with Gasteiger partial charge in [-0.25, -0.2) is 4.98 Å². The van der Waals surface area contributed by atoms with Crippen molar-refractivity contribution >= 4 is 17.7 Å². The number of halogens is 3. The quantitative estimate of drug-likeness (QED) is 0.685. The van der Waals surface area contributed by atoms with E-state index in [4.69, 9.17) is 0 Å². The van der Waals surface area contributed by atoms with Gasteiger partial charge in [-0.05, 0) is 43.5 Å². The SMILES string of the molecule is Cc1cc(C(F)(F)F)c(C#N)c(SCc2ccc(C(=O)N3CCCC3)cc2)n1. The lowest BCUT2D eigenvalue weighted by atomic mass is 10.1. The van der Waals surface area contributed by atoms with Crippen LogP contribution in [0.2, 0.25) is 0 Å². The topological polar surface area (TPSA) is 57.0 Å². The molecule has 1 fully saturated rings. The Morgan fingerprint density at radius 3 is 2.46 bits per heavy atom. The third kappa shape index (κ3) is 4.47. The molecular formula is C20H18F3N3OS. The van der Waals surface area contributed by atoms with Crippen molar-refractivity contribution in [3.05, 3.63) is 58.3 Å². The number of aryl methyl sites for hydroxylation is 1. The van der Waals surface area contributed by atoms with Gasteiger partial charge in [0.15, 0.2) is 0 Å². The number of hydrogen-bond acceptors (Lipinski definition) is 4. The maximum atomic E-state index is 13.2. The average molecular weight is 405 g/mol. The first kappa shape index (κ1) is 20.2. The summed E-state index contributed by atoms with van der Waals surface area (Å²) in [7, 11) is 0. The maximum absolute atomic E-state index is 13.2. The summed E-state index contributed by atoms with van der Waals surface area (Å²) in [6, 6.07) is 9.54. The number of thioether (sulfide) groups is 1. The van der Waals surface area contributed by atoms with E-state index in [-0.39, 0.29) is 16.6 Å². The smallest absolute Gasteiger partial charge is 0.339 e. The number of hydrogen-bond donors (Lipinski definition) is 0. The minimum atomic E-state index is -4.61. The van der Waals surface area contributed by atoms with Crippen molar-refractivity contribution in [2.45, 2.75) is 36.7 Å². The Morgan fingerprint density at radius 1 is 1.25 bits per heavy atom. The van der Waals surface area contributed by atoms with Gasteiger partial charge in [0.2, 0.25) is 0 Å². The van der Waals surface area contributed by atoms with Crippen molar-refractivity contribution in [1.29, 1.82) is 5.26 Å². The monoisotopic (exact) mass is 405 g/mol. The molecule has 28 heavy (non-hydrogen) atoms. The van der Waals surface area contributed by atoms with Gasteiger partial charge in [0.05, 0.1) is 11.1 Å². The van der Waals surface area contributed by atoms with Crippen LogP contribution in [0.25, 0.3) is 0 Å². The van der Waals surface area contributed by atoms with Gasteiger partial charge in [-0.3, -0.25) is 4.79 Å². The summed E-state index contributed by atoms with van der Waals surface area (Å²) in [6.07, 6.45) is -2.57. The van der Waals surface area contributed by atoms with E-state index in [1.165, 1.54) is 6.92 Å². The number of nitrogens with zero attached hydrogens (tertiary/aromatic N) is 3. The molecule has 0 aliphatic carbocycles. The van der Waals surface area contributed by atoms with Gasteiger partial charge in [0.1, 0.15) is 11.1 Å². The van der Waals surface area contributed by atoms with Crippen LogP contribution in [0, 0.1) is 18.3 Å². The number of carbonyl (C=O) groups excluding carboxylic acids is 1. The summed E-state index contributed by atoms with van der Waals surface area (Å²) in [5, 5.41) is 9.27. The van der Waals surface area contributed by atoms with Gasteiger partial charge in [0, 0.05) is 30.1 Å². The first-order chi connectivity index (χ1) is 13.3. The largest absolute Gasteiger partial charge is 0.417 e. The van der Waals surface area contributed by atoms with Crippen LogP contribution in [0.3, 0.4) is 0 Å². The number of benzene rings is 1. The molecule has 1 aromatic carbocycles. The number of aromatic nitrogens is 1. The first-order valence-electron chi connectivity index (χ1n) is 8.79. The Balaban J connectivity index is 1.75. The van der Waals surface area contributed by atoms with Gasteiger partial charge in [-0.15, -0.1) is 11.8 Å². The molecule has 0 radical (unpaired) electrons. The number of likely N-dealkylation sites (tertiary alicyclic amines) is 1. The zero-order valence-electron chi connectivity index (χ0n) is 15.2. The molecule has 8 heteroatoms. The number of rotatable bonds is 4. The lowest BCUT2D eigenvalue weighted by molar-refractivity contribution is -0.138. The second kappa shape index (κ2) is 8.23. The molecule has 4 nitrogen and oxygen atoms in total. The Hall–Kier alpha value is -2.53. The van der Waals surface area contributed by atoms with Crippen LogP contribution in [0.5, 0.6) is 0 Å². The van der Waals surface area contributed by atoms with E-state index in [0.717, 1.165) is 49.3 Å². The molecule has 0 spiro atoms. The second-order valence-electron chi connectivity index (χ2n) is 6.59. The summed E-state index contributed by atoms with van der Waals surface area (Å²) >= 11 is 1.08. The third-order valence-electron chi connectivity index (χ3n) is 4.50. The van der Waals surface area contributed by atoms with Gasteiger partial charge in [0.25, 0.3) is 5.91 Å². The molecule has 1 aromatic heterocycles. The molecule has 1 saturated heterocycles. The number of alkyl halides is 3. The van der Waals surface area contributed by atoms with Gasteiger partial charge in [-0.2, -0.15) is 18.4 Å². The van der Waals surface area contributed by atoms with Crippen molar-refractivity contribution in [3.8, 4) is 6.07 Å². The van der Waals surface area contributed by atoms with E-state index in [9.17, 15) is 23.2 Å². The van der Waals surface area contributed by atoms with Gasteiger partial charge < -0.3 is 4.90 Å². The van der Waals surface area contributed by atoms with Crippen LogP contribution in [-0.2, 0) is 11.9 Å². The summed E-state index contributed by atoms with van der Waals surface area (Å²) in [6.45, 7) is 3.01. The van der Waals surface area contributed by atoms with Crippen molar-refractivity contribution in [3.63, 3.8) is 0 Å². The second-order valence-corrected chi connectivity index (χ2v) is 7.55. The highest BCUT2D eigenvalue weighted by molar-refractivity contribution is 7.98. The zero-order valence-corrected chi connectivity index (χ0v) is 16.0. The fraction of sp³-hybridized carbons (Fsp3) is 0.350. The van der Waals surface area contributed by atoms with Gasteiger partial charge >= 0.3 is 6.18 Å². The van der Waals surface area contributed by atoms with Crippen LogP contribution in [0.1, 0.15) is 45.6 Å². The van der Waals surface area contributed by atoms with Crippen LogP contribution in [-0.4, -0.2) is 28.9 Å². The van der Waals surface area contributed by atoms with E-state index in [0.29, 0.717) is 11.3 Å². The minimum Gasteiger partial charge on any atom is -0.339 e. The summed E-state index contributed by atoms with van der Waals surface area (Å²) in [4.78, 5) is 18.3. The summed E-state index contributed by atoms with van der Waals surface area (Å²) < 4.78 is 39.5. The molecule has 0 bridgehead atoms. The minimum absolute atomic E-state index is 0.00126. The standard InChI is InChI=1S/C20H18F3N3OS/c1-13-10-17(20(21,22)23)16(11-24)18(25-13)28-12-14-4-6-15(7-5-14)19(27)26-8-2-3-9-26/h4-7,10H,2-3,8-9,12H2,1H3. The number of pyridine rings is 1. The Bertz CT molecular complexity index is 914. The highest BCUT2D eigenvalue weighted by Crippen LogP contribution is 2.36. The molecule has 3 rings (SSSR count). The van der Waals surface area contributed by atoms with Crippen molar-refractivity contribution in [2.24, 2.45) is 0 Å². The molecule has 1 aliphatic heterocycles. The summed E-state index contributed by atoms with van der Waals surface area (Å²) in [5.41, 5.74) is 0.228. The Morgan fingerprint density at radius 2 is 1.89 bits per heavy atom. The molecule has 146 valence electrons. The van der Waals surface area contributed by atoms with Crippen LogP contribution >= 0.6 is 11.8 Å². The highest BCUT2D eigenvalue weighted by atomic mass is 32.2. The Kier molecular flexibility index (Phi) is 5.94. The van der Waals surface area contributed by atoms with E-state index >= 15 is 0 Å². The number of amides is 1. The normalized spacial score (nSPS) is 14.2. The highest BCUT2D eigenvalue weighted by Gasteiger charge is 2.35. The molecule has 0 saturated carbocycles. The van der Waals surface area contributed by atoms with Gasteiger partial charge in [-0.1, -0.05) is 12.1 Å². The van der Waals surface area contributed by atoms with E-state index < -0.39 is 17.3 Å². The van der Waals surface area contributed by atoms with E-state index in [2.05, 4.69) is 4.98 Å². The van der Waals surface area contributed by atoms with E-state index in [1.54, 1.807) is 30.3 Å². The molecule has 1 aliphatic rings. The van der Waals surface area contributed by atoms with Crippen molar-refractivity contribution < 1.29 is 18.0 Å². The maximum Gasteiger partial charge on any atom is 0.417 e. The lowest BCUT2D eigenvalue weighted by Crippen LogP contribution is -2.27. The summed E-state index contributed by atoms with van der Waals surface area (Å²) in [5.74, 6) is 0.347. The third-order valence-corrected chi connectivity index (χ3v) is 5.55. The predicted molar refractivity (Wildman–Crippen MR) is 99.8 cm³/mol. The fourth-order valence-electron chi connectivity index (χ4n) is 3.08. The molecule has 2 aromatic rings. The fourth-order valence-corrected chi connectivity index (χ4v) is 4.08. The number of carbonyl (C=O) groups is 1. The van der Waals surface area contributed by atoms with Crippen LogP contribution in [0.15, 0.2) is 35.4 Å².